The van der Waals surface area contributed by atoms with Crippen molar-refractivity contribution >= 4 is 40.8 Å². The van der Waals surface area contributed by atoms with Crippen molar-refractivity contribution in [2.45, 2.75) is 19.9 Å². The first-order chi connectivity index (χ1) is 8.81. The Hall–Kier alpha value is -1.46. The average molecular weight is 305 g/mol. The van der Waals surface area contributed by atoms with Crippen LogP contribution in [0.25, 0.3) is 0 Å². The molecule has 1 rings (SSSR count). The van der Waals surface area contributed by atoms with E-state index in [0.717, 1.165) is 0 Å². The van der Waals surface area contributed by atoms with E-state index in [2.05, 4.69) is 5.32 Å². The molecule has 0 saturated heterocycles. The summed E-state index contributed by atoms with van der Waals surface area (Å²) in [5.74, 6) is -1.07. The van der Waals surface area contributed by atoms with Gasteiger partial charge in [0, 0.05) is 6.04 Å². The van der Waals surface area contributed by atoms with Gasteiger partial charge in [-0.25, -0.2) is 4.79 Å². The minimum atomic E-state index is -0.691. The predicted octanol–water partition coefficient (Wildman–Crippen LogP) is 2.26. The summed E-state index contributed by atoms with van der Waals surface area (Å²) in [6.45, 7) is 3.25. The minimum Gasteiger partial charge on any atom is -0.452 e. The fourth-order valence-corrected chi connectivity index (χ4v) is 1.64. The molecule has 0 aliphatic heterocycles. The maximum absolute atomic E-state index is 11.7. The predicted molar refractivity (Wildman–Crippen MR) is 74.4 cm³/mol. The van der Waals surface area contributed by atoms with E-state index in [0.29, 0.717) is 0 Å². The number of anilines is 1. The number of esters is 1. The molecule has 0 atom stereocenters. The SMILES string of the molecule is CC(C)NC(=O)COC(=O)c1cc(N)c(Cl)c(Cl)c1. The molecule has 0 saturated carbocycles. The Morgan fingerprint density at radius 1 is 1.37 bits per heavy atom. The Morgan fingerprint density at radius 3 is 2.53 bits per heavy atom. The third-order valence-electron chi connectivity index (χ3n) is 2.08. The highest BCUT2D eigenvalue weighted by Crippen LogP contribution is 2.29. The number of carbonyl (C=O) groups is 2. The van der Waals surface area contributed by atoms with E-state index < -0.39 is 5.97 Å². The number of hydrogen-bond donors (Lipinski definition) is 2. The maximum Gasteiger partial charge on any atom is 0.338 e. The topological polar surface area (TPSA) is 81.4 Å². The van der Waals surface area contributed by atoms with Gasteiger partial charge in [-0.3, -0.25) is 4.79 Å². The zero-order valence-corrected chi connectivity index (χ0v) is 12.0. The van der Waals surface area contributed by atoms with Gasteiger partial charge < -0.3 is 15.8 Å². The fraction of sp³-hybridized carbons (Fsp3) is 0.333. The van der Waals surface area contributed by atoms with Crippen LogP contribution in [0.2, 0.25) is 10.0 Å². The highest BCUT2D eigenvalue weighted by molar-refractivity contribution is 6.43. The molecule has 0 fully saturated rings. The van der Waals surface area contributed by atoms with Gasteiger partial charge in [0.05, 0.1) is 21.3 Å². The lowest BCUT2D eigenvalue weighted by Crippen LogP contribution is -2.34. The van der Waals surface area contributed by atoms with Crippen molar-refractivity contribution < 1.29 is 14.3 Å². The van der Waals surface area contributed by atoms with Crippen molar-refractivity contribution in [3.8, 4) is 0 Å². The number of hydrogen-bond acceptors (Lipinski definition) is 4. The number of benzene rings is 1. The lowest BCUT2D eigenvalue weighted by atomic mass is 10.2. The summed E-state index contributed by atoms with van der Waals surface area (Å²) in [6.07, 6.45) is 0. The van der Waals surface area contributed by atoms with Crippen LogP contribution in [-0.2, 0) is 9.53 Å². The van der Waals surface area contributed by atoms with E-state index in [4.69, 9.17) is 33.7 Å². The summed E-state index contributed by atoms with van der Waals surface area (Å²) in [7, 11) is 0. The molecule has 5 nitrogen and oxygen atoms in total. The number of nitrogens with two attached hydrogens (primary N) is 1. The van der Waals surface area contributed by atoms with Crippen molar-refractivity contribution in [1.29, 1.82) is 0 Å². The van der Waals surface area contributed by atoms with Crippen molar-refractivity contribution in [3.05, 3.63) is 27.7 Å². The normalized spacial score (nSPS) is 10.4. The third kappa shape index (κ3) is 4.61. The van der Waals surface area contributed by atoms with Crippen LogP contribution in [0, 0.1) is 0 Å². The van der Waals surface area contributed by atoms with Crippen LogP contribution >= 0.6 is 23.2 Å². The molecule has 1 aromatic rings. The molecule has 0 aliphatic rings. The monoisotopic (exact) mass is 304 g/mol. The number of rotatable bonds is 4. The largest absolute Gasteiger partial charge is 0.452 e. The van der Waals surface area contributed by atoms with E-state index in [1.807, 2.05) is 0 Å². The van der Waals surface area contributed by atoms with Crippen LogP contribution in [0.5, 0.6) is 0 Å². The quantitative estimate of drug-likeness (QED) is 0.660. The molecule has 0 unspecified atom stereocenters. The van der Waals surface area contributed by atoms with Crippen molar-refractivity contribution in [2.75, 3.05) is 12.3 Å². The Balaban J connectivity index is 2.67. The second-order valence-corrected chi connectivity index (χ2v) is 4.94. The first-order valence-corrected chi connectivity index (χ1v) is 6.28. The van der Waals surface area contributed by atoms with Crippen LogP contribution in [0.15, 0.2) is 12.1 Å². The van der Waals surface area contributed by atoms with Crippen LogP contribution in [0.4, 0.5) is 5.69 Å². The molecule has 0 aromatic heterocycles. The van der Waals surface area contributed by atoms with E-state index >= 15 is 0 Å². The van der Waals surface area contributed by atoms with Gasteiger partial charge in [-0.1, -0.05) is 23.2 Å². The van der Waals surface area contributed by atoms with Crippen molar-refractivity contribution in [2.24, 2.45) is 0 Å². The zero-order valence-electron chi connectivity index (χ0n) is 10.5. The number of amides is 1. The molecule has 19 heavy (non-hydrogen) atoms. The molecule has 104 valence electrons. The summed E-state index contributed by atoms with van der Waals surface area (Å²) in [4.78, 5) is 23.0. The third-order valence-corrected chi connectivity index (χ3v) is 2.89. The van der Waals surface area contributed by atoms with Crippen molar-refractivity contribution in [1.82, 2.24) is 5.32 Å². The molecule has 0 heterocycles. The molecule has 0 radical (unpaired) electrons. The molecule has 0 spiro atoms. The second kappa shape index (κ2) is 6.63. The van der Waals surface area contributed by atoms with Gasteiger partial charge in [0.2, 0.25) is 0 Å². The van der Waals surface area contributed by atoms with Gasteiger partial charge in [-0.2, -0.15) is 0 Å². The highest BCUT2D eigenvalue weighted by Gasteiger charge is 2.14. The summed E-state index contributed by atoms with van der Waals surface area (Å²) in [6, 6.07) is 2.66. The number of halogens is 2. The second-order valence-electron chi connectivity index (χ2n) is 4.16. The lowest BCUT2D eigenvalue weighted by molar-refractivity contribution is -0.124. The molecule has 0 aliphatic carbocycles. The standard InChI is InChI=1S/C12H14Cl2N2O3/c1-6(2)16-10(17)5-19-12(18)7-3-8(13)11(14)9(15)4-7/h3-4,6H,5,15H2,1-2H3,(H,16,17). The smallest absolute Gasteiger partial charge is 0.338 e. The van der Waals surface area contributed by atoms with Gasteiger partial charge >= 0.3 is 5.97 Å². The summed E-state index contributed by atoms with van der Waals surface area (Å²) < 4.78 is 4.83. The Kier molecular flexibility index (Phi) is 5.44. The Morgan fingerprint density at radius 2 is 2.00 bits per heavy atom. The first kappa shape index (κ1) is 15.6. The molecule has 1 aromatic carbocycles. The summed E-state index contributed by atoms with van der Waals surface area (Å²) in [5.41, 5.74) is 5.89. The van der Waals surface area contributed by atoms with Gasteiger partial charge in [-0.05, 0) is 26.0 Å². The van der Waals surface area contributed by atoms with Crippen molar-refractivity contribution in [3.63, 3.8) is 0 Å². The molecular formula is C12H14Cl2N2O3. The van der Waals surface area contributed by atoms with E-state index in [9.17, 15) is 9.59 Å². The van der Waals surface area contributed by atoms with Crippen LogP contribution < -0.4 is 11.1 Å². The molecule has 1 amide bonds. The van der Waals surface area contributed by atoms with Gasteiger partial charge in [0.25, 0.3) is 5.91 Å². The fourth-order valence-electron chi connectivity index (χ4n) is 1.31. The Labute approximate surface area is 121 Å². The van der Waals surface area contributed by atoms with E-state index in [-0.39, 0.29) is 39.9 Å². The Bertz CT molecular complexity index is 481. The van der Waals surface area contributed by atoms with Gasteiger partial charge in [0.1, 0.15) is 0 Å². The van der Waals surface area contributed by atoms with Crippen LogP contribution in [-0.4, -0.2) is 24.5 Å². The number of nitrogen functional groups attached to an aromatic ring is 1. The van der Waals surface area contributed by atoms with E-state index in [1.165, 1.54) is 12.1 Å². The first-order valence-electron chi connectivity index (χ1n) is 5.52. The molecular weight excluding hydrogens is 291 g/mol. The summed E-state index contributed by atoms with van der Waals surface area (Å²) in [5, 5.41) is 2.92. The minimum absolute atomic E-state index is 0.0215. The van der Waals surface area contributed by atoms with E-state index in [1.54, 1.807) is 13.8 Å². The maximum atomic E-state index is 11.7. The molecule has 0 bridgehead atoms. The highest BCUT2D eigenvalue weighted by atomic mass is 35.5. The zero-order chi connectivity index (χ0) is 14.6. The van der Waals surface area contributed by atoms with Crippen LogP contribution in [0.1, 0.15) is 24.2 Å². The molecule has 7 heteroatoms. The van der Waals surface area contributed by atoms with Crippen LogP contribution in [0.3, 0.4) is 0 Å². The lowest BCUT2D eigenvalue weighted by Gasteiger charge is -2.09. The number of ether oxygens (including phenoxy) is 1. The number of carbonyl (C=O) groups excluding carboxylic acids is 2. The number of nitrogens with one attached hydrogen (secondary N) is 1. The van der Waals surface area contributed by atoms with Gasteiger partial charge in [-0.15, -0.1) is 0 Å². The van der Waals surface area contributed by atoms with Gasteiger partial charge in [0.15, 0.2) is 6.61 Å². The average Bonchev–Trinajstić information content (AvgIpc) is 2.31. The molecule has 3 N–H and O–H groups in total. The summed E-state index contributed by atoms with van der Waals surface area (Å²) >= 11 is 11.6.